The van der Waals surface area contributed by atoms with Crippen molar-refractivity contribution in [2.75, 3.05) is 0 Å². The summed E-state index contributed by atoms with van der Waals surface area (Å²) in [5.74, 6) is 0. The van der Waals surface area contributed by atoms with Gasteiger partial charge in [-0.05, 0) is 86.8 Å². The quantitative estimate of drug-likeness (QED) is 0.0597. The predicted octanol–water partition coefficient (Wildman–Crippen LogP) is 15.0. The molecule has 0 unspecified atom stereocenters. The van der Waals surface area contributed by atoms with Crippen molar-refractivity contribution in [1.82, 2.24) is 0 Å². The molecule has 1 aliphatic rings. The Morgan fingerprint density at radius 2 is 0.957 bits per heavy atom. The molecule has 2 aromatic rings. The number of aryl methyl sites for hydroxylation is 2. The topological polar surface area (TPSA) is 25.3 Å². The van der Waals surface area contributed by atoms with Crippen LogP contribution in [0.5, 0.6) is 0 Å². The average molecular weight is 686 g/mol. The summed E-state index contributed by atoms with van der Waals surface area (Å²) in [6, 6.07) is 18.0. The van der Waals surface area contributed by atoms with Crippen LogP contribution in [0.2, 0.25) is 10.8 Å². The summed E-state index contributed by atoms with van der Waals surface area (Å²) < 4.78 is 1.54. The zero-order valence-corrected chi connectivity index (χ0v) is 32.4. The third-order valence-electron chi connectivity index (χ3n) is 9.14. The number of hydrogen-bond donors (Lipinski definition) is 0. The Morgan fingerprint density at radius 3 is 1.53 bits per heavy atom. The van der Waals surface area contributed by atoms with E-state index in [2.05, 4.69) is 90.1 Å². The van der Waals surface area contributed by atoms with Crippen LogP contribution in [0.15, 0.2) is 59.7 Å². The molecule has 3 rings (SSSR count). The van der Waals surface area contributed by atoms with Crippen LogP contribution in [0, 0.1) is 0 Å². The molecular weight excluding hydrogens is 615 g/mol. The summed E-state index contributed by atoms with van der Waals surface area (Å²) >= 11 is 1.94. The molecule has 0 saturated carbocycles. The molecule has 0 amide bonds. The number of benzene rings is 2. The van der Waals surface area contributed by atoms with Crippen LogP contribution in [0.3, 0.4) is 0 Å². The normalized spacial score (nSPS) is 13.1. The van der Waals surface area contributed by atoms with Gasteiger partial charge in [0.05, 0.1) is 0 Å². The minimum absolute atomic E-state index is 1.00. The second-order valence-corrected chi connectivity index (χ2v) is 14.9. The summed E-state index contributed by atoms with van der Waals surface area (Å²) in [5.41, 5.74) is 21.6. The first kappa shape index (κ1) is 41.2. The third kappa shape index (κ3) is 15.0. The van der Waals surface area contributed by atoms with Crippen LogP contribution < -0.4 is 0 Å². The van der Waals surface area contributed by atoms with Gasteiger partial charge in [0.25, 0.3) is 0 Å². The third-order valence-corrected chi connectivity index (χ3v) is 10.5. The molecule has 0 aromatic heterocycles. The van der Waals surface area contributed by atoms with Crippen molar-refractivity contribution in [2.45, 2.75) is 181 Å². The summed E-state index contributed by atoms with van der Waals surface area (Å²) in [4.78, 5) is 0. The van der Waals surface area contributed by atoms with Gasteiger partial charge in [-0.3, -0.25) is 0 Å². The molecule has 1 heterocycles. The van der Waals surface area contributed by atoms with E-state index in [1.807, 2.05) is 14.4 Å². The Labute approximate surface area is 297 Å². The van der Waals surface area contributed by atoms with Crippen molar-refractivity contribution in [2.24, 2.45) is 0 Å². The van der Waals surface area contributed by atoms with E-state index in [0.717, 1.165) is 73.9 Å². The molecule has 0 saturated heterocycles. The van der Waals surface area contributed by atoms with Crippen LogP contribution >= 0.6 is 0 Å². The molecule has 3 heteroatoms. The molecule has 47 heavy (non-hydrogen) atoms. The van der Waals surface area contributed by atoms with Crippen LogP contribution in [-0.2, 0) is 27.3 Å². The van der Waals surface area contributed by atoms with E-state index >= 15 is 0 Å². The molecule has 1 aliphatic heterocycles. The van der Waals surface area contributed by atoms with Crippen molar-refractivity contribution in [3.05, 3.63) is 87.5 Å². The van der Waals surface area contributed by atoms with Crippen molar-refractivity contribution in [1.29, 1.82) is 0 Å². The van der Waals surface area contributed by atoms with Crippen molar-refractivity contribution < 1.29 is 19.1 Å². The van der Waals surface area contributed by atoms with Crippen LogP contribution in [0.1, 0.15) is 179 Å². The van der Waals surface area contributed by atoms with Crippen LogP contribution in [0.4, 0.5) is 0 Å². The fourth-order valence-corrected chi connectivity index (χ4v) is 7.59. The molecule has 0 aliphatic carbocycles. The first-order valence-electron chi connectivity index (χ1n) is 19.6. The maximum absolute atomic E-state index is 11.8. The van der Waals surface area contributed by atoms with Gasteiger partial charge < -0.3 is 5.53 Å². The SMILES string of the molecule is CCCCCCCCc1ccc(C2=C(CCCC)C(CCCC)=C(c3cccc(CCCC)c3)[N+]2=[N-])cc1.CCC[CH2][Ni][CH2]CCC. The summed E-state index contributed by atoms with van der Waals surface area (Å²) in [6.07, 6.45) is 24.8. The molecule has 266 valence electrons. The predicted molar refractivity (Wildman–Crippen MR) is 205 cm³/mol. The van der Waals surface area contributed by atoms with E-state index in [1.54, 1.807) is 0 Å². The van der Waals surface area contributed by atoms with Gasteiger partial charge in [-0.15, -0.1) is 0 Å². The zero-order chi connectivity index (χ0) is 34.1. The van der Waals surface area contributed by atoms with E-state index in [1.165, 1.54) is 115 Å². The number of hydrogen-bond acceptors (Lipinski definition) is 0. The zero-order valence-electron chi connectivity index (χ0n) is 31.4. The number of nitrogens with zero attached hydrogens (tertiary/aromatic N) is 2. The Morgan fingerprint density at radius 1 is 0.468 bits per heavy atom. The molecule has 0 radical (unpaired) electrons. The molecular formula is C44H70N2Ni. The van der Waals surface area contributed by atoms with E-state index < -0.39 is 0 Å². The second kappa shape index (κ2) is 26.0. The van der Waals surface area contributed by atoms with E-state index in [4.69, 9.17) is 0 Å². The van der Waals surface area contributed by atoms with Crippen LogP contribution in [0.25, 0.3) is 16.9 Å². The average Bonchev–Trinajstić information content (AvgIpc) is 3.37. The van der Waals surface area contributed by atoms with Gasteiger partial charge >= 0.3 is 64.8 Å². The summed E-state index contributed by atoms with van der Waals surface area (Å²) in [5, 5.41) is 2.78. The van der Waals surface area contributed by atoms with E-state index in [-0.39, 0.29) is 0 Å². The Hall–Kier alpha value is -1.99. The molecule has 2 aromatic carbocycles. The molecule has 0 atom stereocenters. The summed E-state index contributed by atoms with van der Waals surface area (Å²) in [7, 11) is 0. The monoisotopic (exact) mass is 684 g/mol. The van der Waals surface area contributed by atoms with Crippen molar-refractivity contribution in [3.8, 4) is 0 Å². The molecule has 2 nitrogen and oxygen atoms in total. The van der Waals surface area contributed by atoms with Gasteiger partial charge in [-0.1, -0.05) is 103 Å². The molecule has 0 fully saturated rings. The molecule has 0 bridgehead atoms. The van der Waals surface area contributed by atoms with E-state index in [0.29, 0.717) is 0 Å². The number of rotatable bonds is 24. The van der Waals surface area contributed by atoms with Crippen molar-refractivity contribution >= 4 is 11.4 Å². The standard InChI is InChI=1S/C36H52N2.2C4H9.Ni/c1-5-9-13-14-15-16-19-29-24-26-31(27-25-29)35-33(22-11-7-3)34(23-12-8-4)36(38(35)37)32-21-17-20-30(28-32)18-10-6-2;2*1-3-4-2;/h17,20-21,24-28H,5-16,18-19,22-23H2,1-4H3;2*1,3-4H2,2H3;. The van der Waals surface area contributed by atoms with E-state index in [9.17, 15) is 5.53 Å². The van der Waals surface area contributed by atoms with Gasteiger partial charge in [0.1, 0.15) is 0 Å². The Balaban J connectivity index is 0.000000745. The Bertz CT molecular complexity index is 1180. The number of allylic oxidation sites excluding steroid dienone is 2. The van der Waals surface area contributed by atoms with Gasteiger partial charge in [-0.2, -0.15) is 0 Å². The van der Waals surface area contributed by atoms with Gasteiger partial charge in [0.15, 0.2) is 0 Å². The van der Waals surface area contributed by atoms with Gasteiger partial charge in [0, 0.05) is 22.3 Å². The van der Waals surface area contributed by atoms with Crippen molar-refractivity contribution in [3.63, 3.8) is 0 Å². The molecule has 0 N–H and O–H groups in total. The fraction of sp³-hybridized carbons (Fsp3) is 0.636. The first-order chi connectivity index (χ1) is 23.1. The summed E-state index contributed by atoms with van der Waals surface area (Å²) in [6.45, 7) is 13.6. The second-order valence-electron chi connectivity index (χ2n) is 13.4. The minimum atomic E-state index is 1.00. The first-order valence-corrected chi connectivity index (χ1v) is 21.0. The Kier molecular flexibility index (Phi) is 22.7. The van der Waals surface area contributed by atoms with Crippen LogP contribution in [-0.4, -0.2) is 4.70 Å². The van der Waals surface area contributed by atoms with Gasteiger partial charge in [0.2, 0.25) is 11.4 Å². The fourth-order valence-electron chi connectivity index (χ4n) is 6.15. The van der Waals surface area contributed by atoms with Gasteiger partial charge in [-0.25, -0.2) is 4.70 Å². The molecule has 0 spiro atoms. The maximum atomic E-state index is 11.8. The number of unbranched alkanes of at least 4 members (excludes halogenated alkanes) is 10.